The van der Waals surface area contributed by atoms with Crippen LogP contribution in [0.4, 0.5) is 11.8 Å². The predicted octanol–water partition coefficient (Wildman–Crippen LogP) is 0.146. The van der Waals surface area contributed by atoms with Gasteiger partial charge in [0, 0.05) is 33.2 Å². The minimum Gasteiger partial charge on any atom is -0.357 e. The molecule has 18 heavy (non-hydrogen) atoms. The molecule has 2 aromatic heterocycles. The number of rotatable bonds is 2. The van der Waals surface area contributed by atoms with E-state index in [-0.39, 0.29) is 0 Å². The summed E-state index contributed by atoms with van der Waals surface area (Å²) >= 11 is 0. The molecule has 0 saturated carbocycles. The van der Waals surface area contributed by atoms with Gasteiger partial charge in [-0.3, -0.25) is 0 Å². The summed E-state index contributed by atoms with van der Waals surface area (Å²) in [5.74, 6) is 1.55. The van der Waals surface area contributed by atoms with Crippen LogP contribution in [-0.4, -0.2) is 65.1 Å². The van der Waals surface area contributed by atoms with Gasteiger partial charge in [-0.15, -0.1) is 0 Å². The molecule has 1 aliphatic heterocycles. The Balaban J connectivity index is 2.01. The van der Waals surface area contributed by atoms with E-state index in [1.54, 1.807) is 6.33 Å². The first-order chi connectivity index (χ1) is 8.78. The van der Waals surface area contributed by atoms with Gasteiger partial charge < -0.3 is 20.1 Å². The first-order valence-electron chi connectivity index (χ1n) is 6.10. The van der Waals surface area contributed by atoms with Gasteiger partial charge in [-0.2, -0.15) is 9.97 Å². The second-order valence-electron chi connectivity index (χ2n) is 4.51. The number of aromatic nitrogens is 4. The average molecular weight is 247 g/mol. The third kappa shape index (κ3) is 1.86. The van der Waals surface area contributed by atoms with Crippen molar-refractivity contribution in [1.82, 2.24) is 24.8 Å². The summed E-state index contributed by atoms with van der Waals surface area (Å²) in [6.45, 7) is 4.05. The van der Waals surface area contributed by atoms with E-state index in [1.807, 2.05) is 7.05 Å². The highest BCUT2D eigenvalue weighted by Crippen LogP contribution is 2.23. The van der Waals surface area contributed by atoms with Gasteiger partial charge in [0.1, 0.15) is 5.52 Å². The third-order valence-corrected chi connectivity index (χ3v) is 3.29. The molecule has 1 saturated heterocycles. The van der Waals surface area contributed by atoms with Crippen molar-refractivity contribution in [2.24, 2.45) is 0 Å². The molecule has 1 fully saturated rings. The Morgan fingerprint density at radius 3 is 2.72 bits per heavy atom. The number of nitrogens with one attached hydrogen (secondary N) is 2. The van der Waals surface area contributed by atoms with Gasteiger partial charge in [0.2, 0.25) is 5.95 Å². The van der Waals surface area contributed by atoms with Crippen LogP contribution >= 0.6 is 0 Å². The number of fused-ring (bicyclic) bond motifs is 1. The SMILES string of the molecule is CNc1nc(N2CCN(C)CC2)c2[nH]cnc2n1. The fourth-order valence-electron chi connectivity index (χ4n) is 2.18. The Hall–Kier alpha value is -1.89. The van der Waals surface area contributed by atoms with E-state index in [0.29, 0.717) is 11.6 Å². The van der Waals surface area contributed by atoms with Crippen LogP contribution in [0.1, 0.15) is 0 Å². The number of likely N-dealkylation sites (N-methyl/N-ethyl adjacent to an activating group) is 1. The lowest BCUT2D eigenvalue weighted by Crippen LogP contribution is -2.45. The van der Waals surface area contributed by atoms with Gasteiger partial charge in [0.25, 0.3) is 0 Å². The first kappa shape index (κ1) is 11.2. The normalized spacial score (nSPS) is 17.3. The molecule has 1 aliphatic rings. The number of hydrogen-bond donors (Lipinski definition) is 2. The molecular weight excluding hydrogens is 230 g/mol. The van der Waals surface area contributed by atoms with Crippen LogP contribution in [0.2, 0.25) is 0 Å². The maximum Gasteiger partial charge on any atom is 0.226 e. The number of aromatic amines is 1. The second kappa shape index (κ2) is 4.41. The molecule has 7 heteroatoms. The summed E-state index contributed by atoms with van der Waals surface area (Å²) in [7, 11) is 3.96. The monoisotopic (exact) mass is 247 g/mol. The highest BCUT2D eigenvalue weighted by Gasteiger charge is 2.19. The van der Waals surface area contributed by atoms with Crippen molar-refractivity contribution in [2.45, 2.75) is 0 Å². The van der Waals surface area contributed by atoms with Crippen LogP contribution < -0.4 is 10.2 Å². The van der Waals surface area contributed by atoms with Gasteiger partial charge >= 0.3 is 0 Å². The largest absolute Gasteiger partial charge is 0.357 e. The van der Waals surface area contributed by atoms with E-state index in [2.05, 4.69) is 42.1 Å². The molecule has 3 heterocycles. The van der Waals surface area contributed by atoms with E-state index >= 15 is 0 Å². The van der Waals surface area contributed by atoms with Crippen LogP contribution in [0.5, 0.6) is 0 Å². The van der Waals surface area contributed by atoms with E-state index in [9.17, 15) is 0 Å². The maximum atomic E-state index is 4.55. The Labute approximate surface area is 105 Å². The van der Waals surface area contributed by atoms with Gasteiger partial charge in [-0.05, 0) is 7.05 Å². The zero-order chi connectivity index (χ0) is 12.5. The summed E-state index contributed by atoms with van der Waals surface area (Å²) < 4.78 is 0. The fourth-order valence-corrected chi connectivity index (χ4v) is 2.18. The van der Waals surface area contributed by atoms with Crippen molar-refractivity contribution in [1.29, 1.82) is 0 Å². The second-order valence-corrected chi connectivity index (χ2v) is 4.51. The van der Waals surface area contributed by atoms with Gasteiger partial charge in [-0.25, -0.2) is 4.98 Å². The molecule has 0 radical (unpaired) electrons. The van der Waals surface area contributed by atoms with Crippen molar-refractivity contribution < 1.29 is 0 Å². The van der Waals surface area contributed by atoms with Crippen LogP contribution in [0.3, 0.4) is 0 Å². The van der Waals surface area contributed by atoms with E-state index in [1.165, 1.54) is 0 Å². The first-order valence-corrected chi connectivity index (χ1v) is 6.10. The number of nitrogens with zero attached hydrogens (tertiary/aromatic N) is 5. The minimum atomic E-state index is 0.614. The fraction of sp³-hybridized carbons (Fsp3) is 0.545. The van der Waals surface area contributed by atoms with Gasteiger partial charge in [-0.1, -0.05) is 0 Å². The third-order valence-electron chi connectivity index (χ3n) is 3.29. The Bertz CT molecular complexity index is 541. The van der Waals surface area contributed by atoms with Crippen molar-refractivity contribution in [3.05, 3.63) is 6.33 Å². The summed E-state index contributed by atoms with van der Waals surface area (Å²) in [4.78, 5) is 20.8. The van der Waals surface area contributed by atoms with Crippen LogP contribution in [0, 0.1) is 0 Å². The number of imidazole rings is 1. The standard InChI is InChI=1S/C11H17N7/c1-12-11-15-9-8(13-7-14-9)10(16-11)18-5-3-17(2)4-6-18/h7H,3-6H2,1-2H3,(H2,12,13,14,15,16). The smallest absolute Gasteiger partial charge is 0.226 e. The van der Waals surface area contributed by atoms with E-state index in [4.69, 9.17) is 0 Å². The summed E-state index contributed by atoms with van der Waals surface area (Å²) in [5, 5.41) is 2.98. The lowest BCUT2D eigenvalue weighted by Gasteiger charge is -2.33. The highest BCUT2D eigenvalue weighted by molar-refractivity contribution is 5.84. The van der Waals surface area contributed by atoms with Crippen molar-refractivity contribution in [3.63, 3.8) is 0 Å². The molecule has 0 spiro atoms. The average Bonchev–Trinajstić information content (AvgIpc) is 2.86. The molecule has 7 nitrogen and oxygen atoms in total. The molecule has 0 amide bonds. The molecule has 2 N–H and O–H groups in total. The Morgan fingerprint density at radius 2 is 2.00 bits per heavy atom. The number of piperazine rings is 1. The van der Waals surface area contributed by atoms with Gasteiger partial charge in [0.15, 0.2) is 11.5 Å². The maximum absolute atomic E-state index is 4.55. The Morgan fingerprint density at radius 1 is 1.22 bits per heavy atom. The molecule has 0 unspecified atom stereocenters. The van der Waals surface area contributed by atoms with E-state index in [0.717, 1.165) is 37.5 Å². The summed E-state index contributed by atoms with van der Waals surface area (Å²) in [6, 6.07) is 0. The van der Waals surface area contributed by atoms with Crippen LogP contribution in [-0.2, 0) is 0 Å². The quantitative estimate of drug-likeness (QED) is 0.787. The topological polar surface area (TPSA) is 73.0 Å². The number of hydrogen-bond acceptors (Lipinski definition) is 6. The molecule has 3 rings (SSSR count). The van der Waals surface area contributed by atoms with Crippen molar-refractivity contribution >= 4 is 22.9 Å². The van der Waals surface area contributed by atoms with E-state index < -0.39 is 0 Å². The molecule has 96 valence electrons. The summed E-state index contributed by atoms with van der Waals surface area (Å²) in [6.07, 6.45) is 1.67. The lowest BCUT2D eigenvalue weighted by atomic mass is 10.3. The highest BCUT2D eigenvalue weighted by atomic mass is 15.3. The summed E-state index contributed by atoms with van der Waals surface area (Å²) in [5.41, 5.74) is 1.63. The molecule has 0 atom stereocenters. The zero-order valence-electron chi connectivity index (χ0n) is 10.6. The molecule has 2 aromatic rings. The molecule has 0 aliphatic carbocycles. The van der Waals surface area contributed by atoms with Gasteiger partial charge in [0.05, 0.1) is 6.33 Å². The molecule has 0 bridgehead atoms. The Kier molecular flexibility index (Phi) is 2.75. The van der Waals surface area contributed by atoms with Crippen LogP contribution in [0.25, 0.3) is 11.2 Å². The van der Waals surface area contributed by atoms with Crippen molar-refractivity contribution in [3.8, 4) is 0 Å². The van der Waals surface area contributed by atoms with Crippen LogP contribution in [0.15, 0.2) is 6.33 Å². The zero-order valence-corrected chi connectivity index (χ0v) is 10.6. The minimum absolute atomic E-state index is 0.614. The molecule has 0 aromatic carbocycles. The number of anilines is 2. The molecular formula is C11H17N7. The lowest BCUT2D eigenvalue weighted by molar-refractivity contribution is 0.312. The number of H-pyrrole nitrogens is 1. The van der Waals surface area contributed by atoms with Crippen molar-refractivity contribution in [2.75, 3.05) is 50.5 Å². The predicted molar refractivity (Wildman–Crippen MR) is 70.9 cm³/mol.